The van der Waals surface area contributed by atoms with Crippen LogP contribution >= 0.6 is 0 Å². The van der Waals surface area contributed by atoms with Crippen LogP contribution in [0.5, 0.6) is 0 Å². The lowest BCUT2D eigenvalue weighted by atomic mass is 10.0. The molecule has 0 aliphatic carbocycles. The highest BCUT2D eigenvalue weighted by Crippen LogP contribution is 2.33. The lowest BCUT2D eigenvalue weighted by molar-refractivity contribution is -0.151. The molecule has 2 heterocycles. The Morgan fingerprint density at radius 1 is 1.46 bits per heavy atom. The second-order valence-electron chi connectivity index (χ2n) is 6.24. The number of nitrogen functional groups attached to an aromatic ring is 1. The zero-order chi connectivity index (χ0) is 17.1. The number of rotatable bonds is 4. The second-order valence-corrected chi connectivity index (χ2v) is 6.24. The molecule has 0 spiro atoms. The highest BCUT2D eigenvalue weighted by Gasteiger charge is 2.27. The fraction of sp³-hybridized carbons (Fsp3) is 0.444. The van der Waals surface area contributed by atoms with Gasteiger partial charge in [-0.1, -0.05) is 25.1 Å². The van der Waals surface area contributed by atoms with Gasteiger partial charge in [-0.25, -0.2) is 0 Å². The first kappa shape index (κ1) is 16.5. The molecule has 1 unspecified atom stereocenters. The van der Waals surface area contributed by atoms with Gasteiger partial charge in [0.2, 0.25) is 0 Å². The third-order valence-corrected chi connectivity index (χ3v) is 4.50. The first-order valence-electron chi connectivity index (χ1n) is 8.44. The molecule has 0 amide bonds. The number of hydrogen-bond donors (Lipinski definition) is 2. The largest absolute Gasteiger partial charge is 0.459 e. The Bertz CT molecular complexity index is 734. The van der Waals surface area contributed by atoms with E-state index in [-0.39, 0.29) is 12.1 Å². The van der Waals surface area contributed by atoms with Crippen LogP contribution in [-0.4, -0.2) is 36.2 Å². The lowest BCUT2D eigenvalue weighted by Gasteiger charge is -2.35. The first-order valence-corrected chi connectivity index (χ1v) is 8.44. The third-order valence-electron chi connectivity index (χ3n) is 4.50. The van der Waals surface area contributed by atoms with E-state index < -0.39 is 6.04 Å². The van der Waals surface area contributed by atoms with Crippen molar-refractivity contribution in [1.29, 1.82) is 0 Å². The number of hydrogen-bond acceptors (Lipinski definition) is 6. The van der Waals surface area contributed by atoms with Crippen molar-refractivity contribution in [3.8, 4) is 0 Å². The summed E-state index contributed by atoms with van der Waals surface area (Å²) in [6.45, 7) is 3.38. The molecule has 4 N–H and O–H groups in total. The second kappa shape index (κ2) is 7.05. The molecule has 1 saturated heterocycles. The molecule has 0 bridgehead atoms. The van der Waals surface area contributed by atoms with Gasteiger partial charge in [-0.3, -0.25) is 9.78 Å². The van der Waals surface area contributed by atoms with Crippen LogP contribution in [0.25, 0.3) is 10.9 Å². The van der Waals surface area contributed by atoms with Crippen LogP contribution in [0.3, 0.4) is 0 Å². The maximum atomic E-state index is 12.0. The molecule has 1 aliphatic heterocycles. The molecule has 0 saturated carbocycles. The number of aromatic nitrogens is 1. The van der Waals surface area contributed by atoms with Crippen molar-refractivity contribution in [2.24, 2.45) is 5.73 Å². The number of esters is 1. The zero-order valence-corrected chi connectivity index (χ0v) is 13.9. The number of carbonyl (C=O) groups excluding carboxylic acids is 1. The number of fused-ring (bicyclic) bond motifs is 1. The number of pyridine rings is 1. The van der Waals surface area contributed by atoms with E-state index in [1.165, 1.54) is 0 Å². The number of anilines is 2. The van der Waals surface area contributed by atoms with Crippen LogP contribution in [0.4, 0.5) is 11.4 Å². The first-order chi connectivity index (χ1) is 11.6. The highest BCUT2D eigenvalue weighted by molar-refractivity contribution is 5.97. The molecule has 6 heteroatoms. The summed E-state index contributed by atoms with van der Waals surface area (Å²) in [6, 6.07) is 7.39. The minimum Gasteiger partial charge on any atom is -0.459 e. The van der Waals surface area contributed by atoms with Gasteiger partial charge in [0.15, 0.2) is 0 Å². The van der Waals surface area contributed by atoms with Crippen LogP contribution < -0.4 is 16.4 Å². The van der Waals surface area contributed by atoms with Gasteiger partial charge in [0.1, 0.15) is 12.1 Å². The lowest BCUT2D eigenvalue weighted by Crippen LogP contribution is -2.43. The van der Waals surface area contributed by atoms with Crippen molar-refractivity contribution in [3.05, 3.63) is 30.5 Å². The standard InChI is InChI=1S/C18H24N4O2/c1-2-14(19)18(23)24-12-6-5-9-22(11-12)17-13-7-3-4-8-16(13)21-10-15(17)20/h3-4,7-8,10,12,14H,2,5-6,9,11,19-20H2,1H3/t12-,14?/m0/s1. The van der Waals surface area contributed by atoms with E-state index in [0.29, 0.717) is 18.7 Å². The molecule has 3 rings (SSSR count). The normalized spacial score (nSPS) is 19.2. The molecule has 0 radical (unpaired) electrons. The van der Waals surface area contributed by atoms with Crippen LogP contribution in [0.2, 0.25) is 0 Å². The van der Waals surface area contributed by atoms with Crippen molar-refractivity contribution in [2.45, 2.75) is 38.3 Å². The van der Waals surface area contributed by atoms with Crippen molar-refractivity contribution >= 4 is 28.2 Å². The van der Waals surface area contributed by atoms with Crippen molar-refractivity contribution in [2.75, 3.05) is 23.7 Å². The SMILES string of the molecule is CCC(N)C(=O)O[C@H]1CCCN(c2c(N)cnc3ccccc23)C1. The van der Waals surface area contributed by atoms with Crippen LogP contribution in [0.1, 0.15) is 26.2 Å². The van der Waals surface area contributed by atoms with Crippen LogP contribution in [-0.2, 0) is 9.53 Å². The summed E-state index contributed by atoms with van der Waals surface area (Å²) >= 11 is 0. The maximum absolute atomic E-state index is 12.0. The van der Waals surface area contributed by atoms with Gasteiger partial charge in [-0.05, 0) is 25.3 Å². The molecular weight excluding hydrogens is 304 g/mol. The predicted octanol–water partition coefficient (Wildman–Crippen LogP) is 2.07. The third kappa shape index (κ3) is 3.28. The maximum Gasteiger partial charge on any atom is 0.323 e. The summed E-state index contributed by atoms with van der Waals surface area (Å²) in [4.78, 5) is 18.5. The smallest absolute Gasteiger partial charge is 0.323 e. The molecule has 1 aromatic heterocycles. The topological polar surface area (TPSA) is 94.5 Å². The average Bonchev–Trinajstić information content (AvgIpc) is 2.61. The van der Waals surface area contributed by atoms with Gasteiger partial charge in [0.05, 0.1) is 29.6 Å². The van der Waals surface area contributed by atoms with Crippen LogP contribution in [0.15, 0.2) is 30.5 Å². The van der Waals surface area contributed by atoms with Gasteiger partial charge >= 0.3 is 5.97 Å². The van der Waals surface area contributed by atoms with E-state index in [1.54, 1.807) is 6.20 Å². The fourth-order valence-electron chi connectivity index (χ4n) is 3.15. The molecule has 1 aliphatic rings. The van der Waals surface area contributed by atoms with Gasteiger partial charge in [0.25, 0.3) is 0 Å². The van der Waals surface area contributed by atoms with Crippen molar-refractivity contribution < 1.29 is 9.53 Å². The fourth-order valence-corrected chi connectivity index (χ4v) is 3.15. The molecule has 128 valence electrons. The summed E-state index contributed by atoms with van der Waals surface area (Å²) in [7, 11) is 0. The van der Waals surface area contributed by atoms with Crippen molar-refractivity contribution in [3.63, 3.8) is 0 Å². The Kier molecular flexibility index (Phi) is 4.85. The molecule has 2 atom stereocenters. The highest BCUT2D eigenvalue weighted by atomic mass is 16.5. The van der Waals surface area contributed by atoms with E-state index in [0.717, 1.165) is 36.0 Å². The molecular formula is C18H24N4O2. The van der Waals surface area contributed by atoms with E-state index in [2.05, 4.69) is 9.88 Å². The number of ether oxygens (including phenoxy) is 1. The summed E-state index contributed by atoms with van der Waals surface area (Å²) in [5.41, 5.74) is 14.5. The van der Waals surface area contributed by atoms with E-state index >= 15 is 0 Å². The Balaban J connectivity index is 1.83. The van der Waals surface area contributed by atoms with E-state index in [1.807, 2.05) is 31.2 Å². The molecule has 2 aromatic rings. The Hall–Kier alpha value is -2.34. The monoisotopic (exact) mass is 328 g/mol. The number of benzene rings is 1. The number of piperidine rings is 1. The molecule has 24 heavy (non-hydrogen) atoms. The van der Waals surface area contributed by atoms with Gasteiger partial charge in [0, 0.05) is 11.9 Å². The van der Waals surface area contributed by atoms with E-state index in [4.69, 9.17) is 16.2 Å². The number of para-hydroxylation sites is 1. The Morgan fingerprint density at radius 3 is 3.04 bits per heavy atom. The quantitative estimate of drug-likeness (QED) is 0.834. The molecule has 1 fully saturated rings. The summed E-state index contributed by atoms with van der Waals surface area (Å²) in [5.74, 6) is -0.322. The summed E-state index contributed by atoms with van der Waals surface area (Å²) < 4.78 is 5.59. The van der Waals surface area contributed by atoms with Gasteiger partial charge < -0.3 is 21.1 Å². The number of nitrogens with two attached hydrogens (primary N) is 2. The van der Waals surface area contributed by atoms with Gasteiger partial charge in [-0.15, -0.1) is 0 Å². The average molecular weight is 328 g/mol. The number of carbonyl (C=O) groups is 1. The number of nitrogens with zero attached hydrogens (tertiary/aromatic N) is 2. The van der Waals surface area contributed by atoms with Crippen LogP contribution in [0, 0.1) is 0 Å². The Labute approximate surface area is 141 Å². The zero-order valence-electron chi connectivity index (χ0n) is 13.9. The van der Waals surface area contributed by atoms with Gasteiger partial charge in [-0.2, -0.15) is 0 Å². The summed E-state index contributed by atoms with van der Waals surface area (Å²) in [6.07, 6.45) is 3.91. The van der Waals surface area contributed by atoms with E-state index in [9.17, 15) is 4.79 Å². The Morgan fingerprint density at radius 2 is 2.25 bits per heavy atom. The molecule has 1 aromatic carbocycles. The van der Waals surface area contributed by atoms with Crippen molar-refractivity contribution in [1.82, 2.24) is 4.98 Å². The molecule has 6 nitrogen and oxygen atoms in total. The predicted molar refractivity (Wildman–Crippen MR) is 95.7 cm³/mol. The minimum atomic E-state index is -0.549. The summed E-state index contributed by atoms with van der Waals surface area (Å²) in [5, 5.41) is 1.02. The minimum absolute atomic E-state index is 0.157.